The van der Waals surface area contributed by atoms with E-state index in [0.717, 1.165) is 11.3 Å². The molecule has 1 aliphatic rings. The molecule has 0 saturated carbocycles. The molecule has 0 aliphatic carbocycles. The van der Waals surface area contributed by atoms with Gasteiger partial charge in [0.25, 0.3) is 0 Å². The summed E-state index contributed by atoms with van der Waals surface area (Å²) in [5.41, 5.74) is 0.974. The zero-order valence-electron chi connectivity index (χ0n) is 17.2. The third kappa shape index (κ3) is 5.42. The van der Waals surface area contributed by atoms with Crippen LogP contribution < -0.4 is 4.74 Å². The summed E-state index contributed by atoms with van der Waals surface area (Å²) in [4.78, 5) is 0. The summed E-state index contributed by atoms with van der Waals surface area (Å²) in [6.07, 6.45) is -0.870. The summed E-state index contributed by atoms with van der Waals surface area (Å²) in [5.74, 6) is -2.35. The van der Waals surface area contributed by atoms with E-state index in [1.807, 2.05) is 24.3 Å². The van der Waals surface area contributed by atoms with E-state index in [0.29, 0.717) is 13.0 Å². The van der Waals surface area contributed by atoms with Crippen molar-refractivity contribution >= 4 is 0 Å². The molecular weight excluding hydrogens is 368 g/mol. The summed E-state index contributed by atoms with van der Waals surface area (Å²) in [5, 5.41) is 20.0. The summed E-state index contributed by atoms with van der Waals surface area (Å²) < 4.78 is 33.5. The third-order valence-electron chi connectivity index (χ3n) is 5.24. The lowest BCUT2D eigenvalue weighted by atomic mass is 10.0. The molecule has 0 amide bonds. The van der Waals surface area contributed by atoms with Crippen molar-refractivity contribution in [3.63, 3.8) is 0 Å². The number of methoxy groups -OCH3 is 3. The van der Waals surface area contributed by atoms with Crippen LogP contribution in [0.1, 0.15) is 25.8 Å². The topological polar surface area (TPSA) is 95.8 Å². The van der Waals surface area contributed by atoms with Gasteiger partial charge in [-0.3, -0.25) is 0 Å². The molecule has 1 saturated heterocycles. The normalized spacial score (nSPS) is 27.0. The predicted octanol–water partition coefficient (Wildman–Crippen LogP) is 1.46. The lowest BCUT2D eigenvalue weighted by Crippen LogP contribution is -2.59. The van der Waals surface area contributed by atoms with E-state index in [-0.39, 0.29) is 19.3 Å². The molecule has 0 bridgehead atoms. The van der Waals surface area contributed by atoms with E-state index < -0.39 is 23.8 Å². The first-order valence-electron chi connectivity index (χ1n) is 9.26. The molecule has 1 aromatic rings. The van der Waals surface area contributed by atoms with Crippen molar-refractivity contribution in [1.82, 2.24) is 0 Å². The van der Waals surface area contributed by atoms with Crippen LogP contribution in [-0.2, 0) is 30.3 Å². The standard InChI is InChI=1S/C20H32O8/c1-19(22,24-4)20(2,25-5)28-17-10-16(11-21)26-13-18(17)27-12-14-6-8-15(23-3)9-7-14/h6-9,16-18,21-22H,10-13H2,1-5H3/t16-,17-,18?,19?,20?/m0/s1. The van der Waals surface area contributed by atoms with Gasteiger partial charge in [-0.25, -0.2) is 0 Å². The summed E-state index contributed by atoms with van der Waals surface area (Å²) in [7, 11) is 4.43. The molecule has 0 spiro atoms. The molecule has 0 aromatic heterocycles. The highest BCUT2D eigenvalue weighted by Gasteiger charge is 2.49. The summed E-state index contributed by atoms with van der Waals surface area (Å²) >= 11 is 0. The van der Waals surface area contributed by atoms with Gasteiger partial charge in [0.05, 0.1) is 39.1 Å². The Morgan fingerprint density at radius 3 is 2.29 bits per heavy atom. The van der Waals surface area contributed by atoms with Crippen molar-refractivity contribution in [1.29, 1.82) is 0 Å². The van der Waals surface area contributed by atoms with E-state index in [9.17, 15) is 10.2 Å². The van der Waals surface area contributed by atoms with Gasteiger partial charge in [-0.2, -0.15) is 0 Å². The lowest BCUT2D eigenvalue weighted by Gasteiger charge is -2.45. The van der Waals surface area contributed by atoms with Gasteiger partial charge in [-0.15, -0.1) is 0 Å². The van der Waals surface area contributed by atoms with Gasteiger partial charge in [0.1, 0.15) is 11.9 Å². The first kappa shape index (κ1) is 23.0. The quantitative estimate of drug-likeness (QED) is 0.570. The molecule has 1 fully saturated rings. The van der Waals surface area contributed by atoms with Gasteiger partial charge in [-0.05, 0) is 31.5 Å². The van der Waals surface area contributed by atoms with Gasteiger partial charge in [0.2, 0.25) is 11.6 Å². The van der Waals surface area contributed by atoms with Crippen LogP contribution in [0.15, 0.2) is 24.3 Å². The molecule has 8 heteroatoms. The Kier molecular flexibility index (Phi) is 8.20. The molecule has 160 valence electrons. The fraction of sp³-hybridized carbons (Fsp3) is 0.700. The van der Waals surface area contributed by atoms with Crippen LogP contribution in [0.5, 0.6) is 5.75 Å². The fourth-order valence-corrected chi connectivity index (χ4v) is 2.97. The zero-order valence-corrected chi connectivity index (χ0v) is 17.2. The van der Waals surface area contributed by atoms with Gasteiger partial charge < -0.3 is 38.6 Å². The summed E-state index contributed by atoms with van der Waals surface area (Å²) in [6.45, 7) is 3.54. The van der Waals surface area contributed by atoms with Crippen molar-refractivity contribution in [3.8, 4) is 5.75 Å². The van der Waals surface area contributed by atoms with Crippen LogP contribution in [0.3, 0.4) is 0 Å². The average Bonchev–Trinajstić information content (AvgIpc) is 2.72. The first-order chi connectivity index (χ1) is 13.3. The van der Waals surface area contributed by atoms with Crippen LogP contribution in [0, 0.1) is 0 Å². The van der Waals surface area contributed by atoms with E-state index in [1.165, 1.54) is 21.1 Å². The minimum absolute atomic E-state index is 0.130. The number of aliphatic hydroxyl groups is 2. The molecule has 2 rings (SSSR count). The fourth-order valence-electron chi connectivity index (χ4n) is 2.97. The maximum atomic E-state index is 10.5. The van der Waals surface area contributed by atoms with Crippen LogP contribution >= 0.6 is 0 Å². The number of hydrogen-bond donors (Lipinski definition) is 2. The Labute approximate surface area is 166 Å². The Morgan fingerprint density at radius 2 is 1.75 bits per heavy atom. The number of hydrogen-bond acceptors (Lipinski definition) is 8. The number of benzene rings is 1. The van der Waals surface area contributed by atoms with Crippen LogP contribution in [0.2, 0.25) is 0 Å². The van der Waals surface area contributed by atoms with Gasteiger partial charge in [0.15, 0.2) is 0 Å². The monoisotopic (exact) mass is 400 g/mol. The number of ether oxygens (including phenoxy) is 6. The highest BCUT2D eigenvalue weighted by Crippen LogP contribution is 2.33. The minimum atomic E-state index is -1.69. The largest absolute Gasteiger partial charge is 0.497 e. The molecular formula is C20H32O8. The SMILES string of the molecule is COc1ccc(COC2CO[C@H](CO)C[C@@H]2OC(C)(OC)C(C)(O)OC)cc1. The van der Waals surface area contributed by atoms with Crippen molar-refractivity contribution < 1.29 is 38.6 Å². The van der Waals surface area contributed by atoms with Crippen molar-refractivity contribution in [3.05, 3.63) is 29.8 Å². The molecule has 1 aliphatic heterocycles. The maximum absolute atomic E-state index is 10.5. The molecule has 8 nitrogen and oxygen atoms in total. The van der Waals surface area contributed by atoms with E-state index >= 15 is 0 Å². The molecule has 1 heterocycles. The zero-order chi connectivity index (χ0) is 20.8. The molecule has 0 radical (unpaired) electrons. The molecule has 1 aromatic carbocycles. The van der Waals surface area contributed by atoms with Crippen LogP contribution in [0.25, 0.3) is 0 Å². The van der Waals surface area contributed by atoms with E-state index in [4.69, 9.17) is 28.4 Å². The Bertz CT molecular complexity index is 590. The molecule has 28 heavy (non-hydrogen) atoms. The van der Waals surface area contributed by atoms with Crippen molar-refractivity contribution in [2.75, 3.05) is 34.5 Å². The molecule has 2 N–H and O–H groups in total. The Balaban J connectivity index is 2.09. The predicted molar refractivity (Wildman–Crippen MR) is 101 cm³/mol. The highest BCUT2D eigenvalue weighted by molar-refractivity contribution is 5.26. The summed E-state index contributed by atoms with van der Waals surface area (Å²) in [6, 6.07) is 7.57. The number of rotatable bonds is 10. The highest BCUT2D eigenvalue weighted by atomic mass is 16.8. The van der Waals surface area contributed by atoms with E-state index in [1.54, 1.807) is 14.0 Å². The Hall–Kier alpha value is -1.26. The van der Waals surface area contributed by atoms with Crippen molar-refractivity contribution in [2.45, 2.75) is 56.8 Å². The Morgan fingerprint density at radius 1 is 1.07 bits per heavy atom. The van der Waals surface area contributed by atoms with Crippen LogP contribution in [0.4, 0.5) is 0 Å². The second kappa shape index (κ2) is 9.98. The smallest absolute Gasteiger partial charge is 0.220 e. The van der Waals surface area contributed by atoms with Gasteiger partial charge >= 0.3 is 0 Å². The van der Waals surface area contributed by atoms with Crippen molar-refractivity contribution in [2.24, 2.45) is 0 Å². The first-order valence-corrected chi connectivity index (χ1v) is 9.26. The molecule has 5 atom stereocenters. The number of aliphatic hydroxyl groups excluding tert-OH is 1. The lowest BCUT2D eigenvalue weighted by molar-refractivity contribution is -0.393. The van der Waals surface area contributed by atoms with E-state index in [2.05, 4.69) is 0 Å². The van der Waals surface area contributed by atoms with Crippen LogP contribution in [-0.4, -0.2) is 74.6 Å². The third-order valence-corrected chi connectivity index (χ3v) is 5.24. The average molecular weight is 400 g/mol. The maximum Gasteiger partial charge on any atom is 0.220 e. The second-order valence-electron chi connectivity index (χ2n) is 7.06. The second-order valence-corrected chi connectivity index (χ2v) is 7.06. The minimum Gasteiger partial charge on any atom is -0.497 e. The van der Waals surface area contributed by atoms with Gasteiger partial charge in [-0.1, -0.05) is 12.1 Å². The molecule has 3 unspecified atom stereocenters. The van der Waals surface area contributed by atoms with Gasteiger partial charge in [0, 0.05) is 20.6 Å².